The molecule has 3 N–H and O–H groups in total. The van der Waals surface area contributed by atoms with Gasteiger partial charge in [-0.2, -0.15) is 0 Å². The van der Waals surface area contributed by atoms with Gasteiger partial charge in [0.25, 0.3) is 0 Å². The minimum Gasteiger partial charge on any atom is -0.481 e. The largest absolute Gasteiger partial charge is 0.481 e. The lowest BCUT2D eigenvalue weighted by Gasteiger charge is -2.21. The van der Waals surface area contributed by atoms with Gasteiger partial charge in [0.1, 0.15) is 0 Å². The molecule has 28 heavy (non-hydrogen) atoms. The summed E-state index contributed by atoms with van der Waals surface area (Å²) in [6.07, 6.45) is 16.0. The molecule has 2 fully saturated rings. The van der Waals surface area contributed by atoms with E-state index in [4.69, 9.17) is 5.11 Å². The first-order valence-electron chi connectivity index (χ1n) is 10.9. The molecule has 2 aliphatic carbocycles. The summed E-state index contributed by atoms with van der Waals surface area (Å²) >= 11 is 0. The van der Waals surface area contributed by atoms with Gasteiger partial charge in [0, 0.05) is 19.4 Å². The molecule has 2 amide bonds. The van der Waals surface area contributed by atoms with E-state index in [1.807, 2.05) is 12.2 Å². The van der Waals surface area contributed by atoms with Crippen molar-refractivity contribution in [3.05, 3.63) is 12.2 Å². The molecular formula is C22H36N2O4. The Balaban J connectivity index is 1.43. The predicted molar refractivity (Wildman–Crippen MR) is 109 cm³/mol. The Morgan fingerprint density at radius 1 is 0.929 bits per heavy atom. The number of hydrogen-bond donors (Lipinski definition) is 3. The van der Waals surface area contributed by atoms with Gasteiger partial charge in [-0.1, -0.05) is 44.3 Å². The third-order valence-electron chi connectivity index (χ3n) is 5.95. The molecule has 0 aromatic carbocycles. The van der Waals surface area contributed by atoms with Gasteiger partial charge in [-0.15, -0.1) is 0 Å². The summed E-state index contributed by atoms with van der Waals surface area (Å²) in [5.41, 5.74) is 0. The van der Waals surface area contributed by atoms with Gasteiger partial charge < -0.3 is 15.7 Å². The molecule has 0 bridgehead atoms. The van der Waals surface area contributed by atoms with Gasteiger partial charge in [-0.3, -0.25) is 14.4 Å². The lowest BCUT2D eigenvalue weighted by molar-refractivity contribution is -0.136. The SMILES string of the molecule is O=C(O)CCC=CC[C@@H]1C[C@@H]1CNC(=O)CNC(=O)CCCC1CCCCC1. The average Bonchev–Trinajstić information content (AvgIpc) is 3.43. The number of nitrogens with one attached hydrogen (secondary N) is 2. The number of aliphatic carboxylic acids is 1. The van der Waals surface area contributed by atoms with Crippen molar-refractivity contribution in [1.29, 1.82) is 0 Å². The van der Waals surface area contributed by atoms with Crippen LogP contribution in [0.5, 0.6) is 0 Å². The highest BCUT2D eigenvalue weighted by molar-refractivity contribution is 5.84. The summed E-state index contributed by atoms with van der Waals surface area (Å²) < 4.78 is 0. The molecule has 2 saturated carbocycles. The van der Waals surface area contributed by atoms with E-state index >= 15 is 0 Å². The van der Waals surface area contributed by atoms with Crippen LogP contribution in [0.2, 0.25) is 0 Å². The van der Waals surface area contributed by atoms with Crippen molar-refractivity contribution in [2.24, 2.45) is 17.8 Å². The molecule has 0 aromatic heterocycles. The molecule has 0 saturated heterocycles. The summed E-state index contributed by atoms with van der Waals surface area (Å²) in [7, 11) is 0. The molecule has 2 atom stereocenters. The number of hydrogen-bond acceptors (Lipinski definition) is 3. The molecule has 0 unspecified atom stereocenters. The second kappa shape index (κ2) is 12.6. The average molecular weight is 393 g/mol. The molecule has 0 heterocycles. The minimum atomic E-state index is -0.770. The molecular weight excluding hydrogens is 356 g/mol. The lowest BCUT2D eigenvalue weighted by Crippen LogP contribution is -2.37. The van der Waals surface area contributed by atoms with Crippen molar-refractivity contribution in [3.63, 3.8) is 0 Å². The van der Waals surface area contributed by atoms with Crippen LogP contribution < -0.4 is 10.6 Å². The zero-order valence-corrected chi connectivity index (χ0v) is 17.0. The third kappa shape index (κ3) is 9.90. The maximum atomic E-state index is 11.9. The Labute approximate surface area is 168 Å². The van der Waals surface area contributed by atoms with Crippen LogP contribution in [0.1, 0.15) is 77.0 Å². The summed E-state index contributed by atoms with van der Waals surface area (Å²) in [6.45, 7) is 0.721. The fourth-order valence-corrected chi connectivity index (χ4v) is 4.05. The number of amides is 2. The van der Waals surface area contributed by atoms with Crippen LogP contribution in [0.15, 0.2) is 12.2 Å². The number of carboxylic acids is 1. The number of carboxylic acid groups (broad SMARTS) is 1. The molecule has 6 nitrogen and oxygen atoms in total. The van der Waals surface area contributed by atoms with E-state index in [-0.39, 0.29) is 24.8 Å². The smallest absolute Gasteiger partial charge is 0.303 e. The van der Waals surface area contributed by atoms with Gasteiger partial charge in [0.2, 0.25) is 11.8 Å². The molecule has 6 heteroatoms. The van der Waals surface area contributed by atoms with Gasteiger partial charge in [0.05, 0.1) is 6.54 Å². The lowest BCUT2D eigenvalue weighted by atomic mass is 9.86. The van der Waals surface area contributed by atoms with E-state index in [1.165, 1.54) is 32.1 Å². The van der Waals surface area contributed by atoms with Crippen molar-refractivity contribution in [2.75, 3.05) is 13.1 Å². The fourth-order valence-electron chi connectivity index (χ4n) is 4.05. The first kappa shape index (κ1) is 22.4. The van der Waals surface area contributed by atoms with E-state index in [0.717, 1.165) is 31.6 Å². The third-order valence-corrected chi connectivity index (χ3v) is 5.95. The molecule has 2 aliphatic rings. The van der Waals surface area contributed by atoms with E-state index in [2.05, 4.69) is 10.6 Å². The number of carbonyl (C=O) groups is 3. The first-order chi connectivity index (χ1) is 13.5. The highest BCUT2D eigenvalue weighted by Crippen LogP contribution is 2.40. The second-order valence-corrected chi connectivity index (χ2v) is 8.37. The van der Waals surface area contributed by atoms with Gasteiger partial charge in [0.15, 0.2) is 0 Å². The topological polar surface area (TPSA) is 95.5 Å². The first-order valence-corrected chi connectivity index (χ1v) is 10.9. The highest BCUT2D eigenvalue weighted by atomic mass is 16.4. The summed E-state index contributed by atoms with van der Waals surface area (Å²) in [5, 5.41) is 14.2. The van der Waals surface area contributed by atoms with Gasteiger partial charge >= 0.3 is 5.97 Å². The van der Waals surface area contributed by atoms with Gasteiger partial charge in [-0.05, 0) is 49.9 Å². The maximum absolute atomic E-state index is 11.9. The number of rotatable bonds is 13. The minimum absolute atomic E-state index is 0.0262. The van der Waals surface area contributed by atoms with Crippen molar-refractivity contribution in [1.82, 2.24) is 10.6 Å². The van der Waals surface area contributed by atoms with Gasteiger partial charge in [-0.25, -0.2) is 0 Å². The molecule has 0 spiro atoms. The summed E-state index contributed by atoms with van der Waals surface area (Å²) in [5.74, 6) is 0.955. The van der Waals surface area contributed by atoms with Crippen LogP contribution in [-0.4, -0.2) is 36.0 Å². The zero-order valence-electron chi connectivity index (χ0n) is 17.0. The van der Waals surface area contributed by atoms with Crippen LogP contribution in [0.25, 0.3) is 0 Å². The van der Waals surface area contributed by atoms with E-state index in [0.29, 0.717) is 31.2 Å². The fraction of sp³-hybridized carbons (Fsp3) is 0.773. The Morgan fingerprint density at radius 2 is 1.71 bits per heavy atom. The van der Waals surface area contributed by atoms with E-state index < -0.39 is 5.97 Å². The standard InChI is InChI=1S/C22H36N2O4/c25-20(12-7-10-17-8-3-1-4-9-17)24-16-21(26)23-15-19-14-18(19)11-5-2-6-13-22(27)28/h2,5,17-19H,1,3-4,6-16H2,(H,23,26)(H,24,25)(H,27,28)/t18-,19-/m1/s1. The normalized spacial score (nSPS) is 22.1. The Kier molecular flexibility index (Phi) is 10.1. The van der Waals surface area contributed by atoms with E-state index in [9.17, 15) is 14.4 Å². The van der Waals surface area contributed by atoms with Crippen LogP contribution in [-0.2, 0) is 14.4 Å². The Hall–Kier alpha value is -1.85. The van der Waals surface area contributed by atoms with Crippen molar-refractivity contribution in [2.45, 2.75) is 77.0 Å². The monoisotopic (exact) mass is 392 g/mol. The second-order valence-electron chi connectivity index (χ2n) is 8.37. The summed E-state index contributed by atoms with van der Waals surface area (Å²) in [4.78, 5) is 34.2. The van der Waals surface area contributed by atoms with Crippen LogP contribution in [0, 0.1) is 17.8 Å². The Morgan fingerprint density at radius 3 is 2.46 bits per heavy atom. The quantitative estimate of drug-likeness (QED) is 0.419. The molecule has 0 radical (unpaired) electrons. The number of allylic oxidation sites excluding steroid dienone is 2. The predicted octanol–water partition coefficient (Wildman–Crippen LogP) is 3.42. The van der Waals surface area contributed by atoms with E-state index in [1.54, 1.807) is 0 Å². The molecule has 2 rings (SSSR count). The molecule has 0 aliphatic heterocycles. The highest BCUT2D eigenvalue weighted by Gasteiger charge is 2.35. The number of carbonyl (C=O) groups excluding carboxylic acids is 2. The van der Waals surface area contributed by atoms with Crippen LogP contribution in [0.4, 0.5) is 0 Å². The van der Waals surface area contributed by atoms with Crippen molar-refractivity contribution >= 4 is 17.8 Å². The molecule has 158 valence electrons. The van der Waals surface area contributed by atoms with Crippen molar-refractivity contribution in [3.8, 4) is 0 Å². The van der Waals surface area contributed by atoms with Crippen LogP contribution >= 0.6 is 0 Å². The van der Waals surface area contributed by atoms with Crippen LogP contribution in [0.3, 0.4) is 0 Å². The zero-order chi connectivity index (χ0) is 20.2. The Bertz CT molecular complexity index is 541. The van der Waals surface area contributed by atoms with Crippen molar-refractivity contribution < 1.29 is 19.5 Å². The summed E-state index contributed by atoms with van der Waals surface area (Å²) in [6, 6.07) is 0. The maximum Gasteiger partial charge on any atom is 0.303 e. The molecule has 0 aromatic rings.